The van der Waals surface area contributed by atoms with E-state index in [2.05, 4.69) is 10.3 Å². The first kappa shape index (κ1) is 15.1. The van der Waals surface area contributed by atoms with Gasteiger partial charge in [-0.25, -0.2) is 4.98 Å². The highest BCUT2D eigenvalue weighted by Gasteiger charge is 2.18. The Labute approximate surface area is 134 Å². The predicted molar refractivity (Wildman–Crippen MR) is 86.8 cm³/mol. The van der Waals surface area contributed by atoms with Gasteiger partial charge < -0.3 is 19.0 Å². The van der Waals surface area contributed by atoms with Crippen LogP contribution in [0.25, 0.3) is 11.0 Å². The number of hydrogen-bond donors (Lipinski definition) is 1. The van der Waals surface area contributed by atoms with Crippen LogP contribution in [0.1, 0.15) is 29.1 Å². The van der Waals surface area contributed by atoms with Crippen molar-refractivity contribution < 1.29 is 13.9 Å². The lowest BCUT2D eigenvalue weighted by atomic mass is 10.1. The third-order valence-electron chi connectivity index (χ3n) is 3.94. The molecule has 23 heavy (non-hydrogen) atoms. The zero-order valence-electron chi connectivity index (χ0n) is 13.4. The van der Waals surface area contributed by atoms with E-state index in [4.69, 9.17) is 9.15 Å². The van der Waals surface area contributed by atoms with Crippen LogP contribution >= 0.6 is 0 Å². The van der Waals surface area contributed by atoms with Crippen LogP contribution < -0.4 is 10.1 Å². The zero-order chi connectivity index (χ0) is 16.4. The average Bonchev–Trinajstić information content (AvgIpc) is 3.20. The summed E-state index contributed by atoms with van der Waals surface area (Å²) < 4.78 is 12.8. The molecule has 0 aliphatic carbocycles. The Hall–Kier alpha value is -2.76. The summed E-state index contributed by atoms with van der Waals surface area (Å²) in [6.45, 7) is 4.39. The summed E-state index contributed by atoms with van der Waals surface area (Å²) in [5.74, 6) is 0.822. The molecule has 0 radical (unpaired) electrons. The Morgan fingerprint density at radius 1 is 1.48 bits per heavy atom. The first-order chi connectivity index (χ1) is 11.1. The van der Waals surface area contributed by atoms with Crippen LogP contribution in [0.3, 0.4) is 0 Å². The SMILES string of the molecule is COc1ccc2c(C)c(C(=O)NC[C@H](C)n3ccnc3)oc2c1. The van der Waals surface area contributed by atoms with Crippen molar-refractivity contribution in [3.8, 4) is 5.75 Å². The summed E-state index contributed by atoms with van der Waals surface area (Å²) in [7, 11) is 1.60. The minimum atomic E-state index is -0.218. The van der Waals surface area contributed by atoms with Crippen LogP contribution in [0.15, 0.2) is 41.3 Å². The molecule has 0 saturated carbocycles. The smallest absolute Gasteiger partial charge is 0.287 e. The monoisotopic (exact) mass is 313 g/mol. The first-order valence-electron chi connectivity index (χ1n) is 7.43. The van der Waals surface area contributed by atoms with Crippen molar-refractivity contribution in [3.05, 3.63) is 48.2 Å². The molecule has 0 aliphatic heterocycles. The van der Waals surface area contributed by atoms with Crippen molar-refractivity contribution in [1.29, 1.82) is 0 Å². The quantitative estimate of drug-likeness (QED) is 0.786. The highest BCUT2D eigenvalue weighted by molar-refractivity contribution is 5.99. The van der Waals surface area contributed by atoms with Gasteiger partial charge in [-0.2, -0.15) is 0 Å². The molecule has 0 spiro atoms. The predicted octanol–water partition coefficient (Wildman–Crippen LogP) is 2.94. The van der Waals surface area contributed by atoms with E-state index in [9.17, 15) is 4.79 Å². The minimum absolute atomic E-state index is 0.117. The third-order valence-corrected chi connectivity index (χ3v) is 3.94. The second-order valence-electron chi connectivity index (χ2n) is 5.49. The number of furan rings is 1. The molecule has 0 unspecified atom stereocenters. The third kappa shape index (κ3) is 2.92. The molecular formula is C17H19N3O3. The van der Waals surface area contributed by atoms with Gasteiger partial charge in [-0.15, -0.1) is 0 Å². The number of ether oxygens (including phenoxy) is 1. The number of carbonyl (C=O) groups is 1. The maximum Gasteiger partial charge on any atom is 0.287 e. The minimum Gasteiger partial charge on any atom is -0.497 e. The number of rotatable bonds is 5. The van der Waals surface area contributed by atoms with E-state index in [1.165, 1.54) is 0 Å². The molecule has 0 aliphatic rings. The molecule has 120 valence electrons. The Morgan fingerprint density at radius 2 is 2.30 bits per heavy atom. The fourth-order valence-corrected chi connectivity index (χ4v) is 2.51. The summed E-state index contributed by atoms with van der Waals surface area (Å²) in [6.07, 6.45) is 5.32. The summed E-state index contributed by atoms with van der Waals surface area (Å²) >= 11 is 0. The van der Waals surface area contributed by atoms with Gasteiger partial charge in [0.15, 0.2) is 5.76 Å². The molecule has 1 aromatic carbocycles. The molecule has 0 bridgehead atoms. The van der Waals surface area contributed by atoms with Crippen LogP contribution in [0.5, 0.6) is 5.75 Å². The molecule has 2 aromatic heterocycles. The number of aryl methyl sites for hydroxylation is 1. The number of methoxy groups -OCH3 is 1. The number of carbonyl (C=O) groups excluding carboxylic acids is 1. The summed E-state index contributed by atoms with van der Waals surface area (Å²) in [6, 6.07) is 5.66. The molecule has 3 rings (SSSR count). The summed E-state index contributed by atoms with van der Waals surface area (Å²) in [5, 5.41) is 3.82. The number of amides is 1. The Balaban J connectivity index is 1.76. The lowest BCUT2D eigenvalue weighted by molar-refractivity contribution is 0.0922. The van der Waals surface area contributed by atoms with Gasteiger partial charge in [0.1, 0.15) is 11.3 Å². The fraction of sp³-hybridized carbons (Fsp3) is 0.294. The maximum atomic E-state index is 12.4. The largest absolute Gasteiger partial charge is 0.497 e. The van der Waals surface area contributed by atoms with Crippen LogP contribution in [0.4, 0.5) is 0 Å². The lowest BCUT2D eigenvalue weighted by Gasteiger charge is -2.13. The highest BCUT2D eigenvalue weighted by atomic mass is 16.5. The standard InChI is InChI=1S/C17H19N3O3/c1-11(20-7-6-18-10-20)9-19-17(21)16-12(2)14-5-4-13(22-3)8-15(14)23-16/h4-8,10-11H,9H2,1-3H3,(H,19,21)/t11-/m0/s1. The molecular weight excluding hydrogens is 294 g/mol. The van der Waals surface area contributed by atoms with Crippen molar-refractivity contribution in [1.82, 2.24) is 14.9 Å². The van der Waals surface area contributed by atoms with Crippen LogP contribution in [-0.4, -0.2) is 29.1 Å². The van der Waals surface area contributed by atoms with Gasteiger partial charge >= 0.3 is 0 Å². The van der Waals surface area contributed by atoms with Gasteiger partial charge in [0.2, 0.25) is 0 Å². The molecule has 6 heteroatoms. The Bertz CT molecular complexity index is 821. The van der Waals surface area contributed by atoms with Crippen LogP contribution in [-0.2, 0) is 0 Å². The van der Waals surface area contributed by atoms with E-state index in [1.54, 1.807) is 25.7 Å². The van der Waals surface area contributed by atoms with Gasteiger partial charge in [-0.1, -0.05) is 0 Å². The number of fused-ring (bicyclic) bond motifs is 1. The number of nitrogens with zero attached hydrogens (tertiary/aromatic N) is 2. The van der Waals surface area contributed by atoms with Crippen LogP contribution in [0, 0.1) is 6.92 Å². The second-order valence-corrected chi connectivity index (χ2v) is 5.49. The Kier molecular flexibility index (Phi) is 4.06. The molecule has 6 nitrogen and oxygen atoms in total. The van der Waals surface area contributed by atoms with Crippen molar-refractivity contribution in [2.45, 2.75) is 19.9 Å². The molecule has 0 saturated heterocycles. The molecule has 0 fully saturated rings. The topological polar surface area (TPSA) is 69.3 Å². The number of hydrogen-bond acceptors (Lipinski definition) is 4. The van der Waals surface area contributed by atoms with E-state index in [0.717, 1.165) is 10.9 Å². The maximum absolute atomic E-state index is 12.4. The van der Waals surface area contributed by atoms with E-state index in [1.807, 2.05) is 36.7 Å². The van der Waals surface area contributed by atoms with Gasteiger partial charge in [0.25, 0.3) is 5.91 Å². The van der Waals surface area contributed by atoms with E-state index >= 15 is 0 Å². The highest BCUT2D eigenvalue weighted by Crippen LogP contribution is 2.28. The number of nitrogens with one attached hydrogen (secondary N) is 1. The van der Waals surface area contributed by atoms with Gasteiger partial charge in [0, 0.05) is 42.0 Å². The number of benzene rings is 1. The first-order valence-corrected chi connectivity index (χ1v) is 7.43. The zero-order valence-corrected chi connectivity index (χ0v) is 13.4. The summed E-state index contributed by atoms with van der Waals surface area (Å²) in [5.41, 5.74) is 1.48. The summed E-state index contributed by atoms with van der Waals surface area (Å²) in [4.78, 5) is 16.4. The van der Waals surface area contributed by atoms with Crippen molar-refractivity contribution >= 4 is 16.9 Å². The number of aromatic nitrogens is 2. The lowest BCUT2D eigenvalue weighted by Crippen LogP contribution is -2.29. The van der Waals surface area contributed by atoms with Gasteiger partial charge in [-0.05, 0) is 26.0 Å². The normalized spacial score (nSPS) is 12.3. The van der Waals surface area contributed by atoms with Crippen molar-refractivity contribution in [2.24, 2.45) is 0 Å². The fourth-order valence-electron chi connectivity index (χ4n) is 2.51. The molecule has 1 N–H and O–H groups in total. The molecule has 3 aromatic rings. The van der Waals surface area contributed by atoms with E-state index < -0.39 is 0 Å². The molecule has 1 amide bonds. The Morgan fingerprint density at radius 3 is 3.00 bits per heavy atom. The van der Waals surface area contributed by atoms with Crippen LogP contribution in [0.2, 0.25) is 0 Å². The van der Waals surface area contributed by atoms with E-state index in [0.29, 0.717) is 23.6 Å². The van der Waals surface area contributed by atoms with Crippen molar-refractivity contribution in [3.63, 3.8) is 0 Å². The molecule has 1 atom stereocenters. The second kappa shape index (κ2) is 6.16. The average molecular weight is 313 g/mol. The van der Waals surface area contributed by atoms with Crippen molar-refractivity contribution in [2.75, 3.05) is 13.7 Å². The molecule has 2 heterocycles. The van der Waals surface area contributed by atoms with Gasteiger partial charge in [-0.3, -0.25) is 4.79 Å². The van der Waals surface area contributed by atoms with Gasteiger partial charge in [0.05, 0.1) is 13.4 Å². The van der Waals surface area contributed by atoms with E-state index in [-0.39, 0.29) is 11.9 Å². The number of imidazole rings is 1.